The first-order chi connectivity index (χ1) is 5.11. The molecule has 0 bridgehead atoms. The SMILES string of the molecule is NC(=O)c1[c]nc(Cl)c(F)c1. The third-order valence-electron chi connectivity index (χ3n) is 1.01. The number of rotatable bonds is 1. The lowest BCUT2D eigenvalue weighted by molar-refractivity contribution is 0.0999. The van der Waals surface area contributed by atoms with Gasteiger partial charge < -0.3 is 5.73 Å². The second-order valence-electron chi connectivity index (χ2n) is 1.78. The second-order valence-corrected chi connectivity index (χ2v) is 2.14. The molecular formula is C6H3ClFN2O. The molecule has 57 valence electrons. The van der Waals surface area contributed by atoms with Crippen molar-refractivity contribution in [3.63, 3.8) is 0 Å². The molecule has 0 unspecified atom stereocenters. The van der Waals surface area contributed by atoms with Crippen molar-refractivity contribution in [2.75, 3.05) is 0 Å². The molecular weight excluding hydrogens is 171 g/mol. The largest absolute Gasteiger partial charge is 0.366 e. The Kier molecular flexibility index (Phi) is 2.05. The van der Waals surface area contributed by atoms with Gasteiger partial charge >= 0.3 is 0 Å². The predicted octanol–water partition coefficient (Wildman–Crippen LogP) is 0.773. The molecule has 1 radical (unpaired) electrons. The molecule has 0 fully saturated rings. The van der Waals surface area contributed by atoms with E-state index in [1.54, 1.807) is 0 Å². The van der Waals surface area contributed by atoms with Gasteiger partial charge in [-0.25, -0.2) is 9.37 Å². The fraction of sp³-hybridized carbons (Fsp3) is 0. The predicted molar refractivity (Wildman–Crippen MR) is 36.6 cm³/mol. The van der Waals surface area contributed by atoms with Gasteiger partial charge in [0.1, 0.15) is 6.20 Å². The molecule has 11 heavy (non-hydrogen) atoms. The Bertz CT molecular complexity index is 303. The molecule has 1 amide bonds. The number of carbonyl (C=O) groups is 1. The number of hydrogen-bond donors (Lipinski definition) is 1. The fourth-order valence-corrected chi connectivity index (χ4v) is 0.604. The lowest BCUT2D eigenvalue weighted by atomic mass is 10.3. The van der Waals surface area contributed by atoms with Gasteiger partial charge in [0.15, 0.2) is 11.0 Å². The van der Waals surface area contributed by atoms with Gasteiger partial charge in [0.25, 0.3) is 5.91 Å². The van der Waals surface area contributed by atoms with Crippen LogP contribution in [-0.2, 0) is 0 Å². The maximum atomic E-state index is 12.5. The van der Waals surface area contributed by atoms with E-state index in [0.29, 0.717) is 0 Å². The highest BCUT2D eigenvalue weighted by molar-refractivity contribution is 6.29. The van der Waals surface area contributed by atoms with E-state index in [2.05, 4.69) is 11.2 Å². The van der Waals surface area contributed by atoms with Crippen LogP contribution in [0.1, 0.15) is 10.4 Å². The third kappa shape index (κ3) is 1.65. The zero-order valence-electron chi connectivity index (χ0n) is 5.27. The summed E-state index contributed by atoms with van der Waals surface area (Å²) < 4.78 is 12.5. The minimum Gasteiger partial charge on any atom is -0.366 e. The minimum atomic E-state index is -0.784. The van der Waals surface area contributed by atoms with Crippen molar-refractivity contribution in [3.8, 4) is 0 Å². The topological polar surface area (TPSA) is 56.0 Å². The molecule has 0 aliphatic carbocycles. The number of amides is 1. The monoisotopic (exact) mass is 173 g/mol. The lowest BCUT2D eigenvalue weighted by Gasteiger charge is -1.94. The number of nitrogens with two attached hydrogens (primary N) is 1. The minimum absolute atomic E-state index is 0.119. The van der Waals surface area contributed by atoms with Gasteiger partial charge in [0.2, 0.25) is 0 Å². The normalized spacial score (nSPS) is 9.64. The van der Waals surface area contributed by atoms with Crippen LogP contribution in [0.25, 0.3) is 0 Å². The maximum absolute atomic E-state index is 12.5. The third-order valence-corrected chi connectivity index (χ3v) is 1.27. The van der Waals surface area contributed by atoms with Crippen molar-refractivity contribution in [1.82, 2.24) is 4.98 Å². The summed E-state index contributed by atoms with van der Waals surface area (Å²) in [6.07, 6.45) is 2.18. The molecule has 5 heteroatoms. The van der Waals surface area contributed by atoms with E-state index in [4.69, 9.17) is 17.3 Å². The van der Waals surface area contributed by atoms with E-state index in [1.165, 1.54) is 0 Å². The van der Waals surface area contributed by atoms with Crippen LogP contribution >= 0.6 is 11.6 Å². The Morgan fingerprint density at radius 1 is 1.82 bits per heavy atom. The lowest BCUT2D eigenvalue weighted by Crippen LogP contribution is -2.11. The molecule has 1 rings (SSSR count). The molecule has 1 aromatic rings. The summed E-state index contributed by atoms with van der Waals surface area (Å²) in [5.74, 6) is -1.56. The van der Waals surface area contributed by atoms with E-state index in [-0.39, 0.29) is 10.7 Å². The van der Waals surface area contributed by atoms with Crippen molar-refractivity contribution in [3.05, 3.63) is 28.8 Å². The summed E-state index contributed by atoms with van der Waals surface area (Å²) in [6.45, 7) is 0. The van der Waals surface area contributed by atoms with Gasteiger partial charge in [-0.2, -0.15) is 0 Å². The first-order valence-corrected chi connectivity index (χ1v) is 3.02. The van der Waals surface area contributed by atoms with Crippen molar-refractivity contribution < 1.29 is 9.18 Å². The summed E-state index contributed by atoms with van der Waals surface area (Å²) in [5, 5.41) is -0.324. The molecule has 1 aromatic heterocycles. The van der Waals surface area contributed by atoms with E-state index < -0.39 is 11.7 Å². The van der Waals surface area contributed by atoms with Crippen molar-refractivity contribution in [1.29, 1.82) is 0 Å². The number of hydrogen-bond acceptors (Lipinski definition) is 2. The van der Waals surface area contributed by atoms with E-state index in [0.717, 1.165) is 6.07 Å². The molecule has 0 saturated heterocycles. The standard InChI is InChI=1S/C6H3ClFN2O/c7-5-4(8)1-3(2-10-5)6(9)11/h1H,(H2,9,11). The Labute approximate surface area is 67.0 Å². The Balaban J connectivity index is 3.15. The van der Waals surface area contributed by atoms with Crippen LogP contribution in [0.3, 0.4) is 0 Å². The van der Waals surface area contributed by atoms with Crippen LogP contribution in [0.5, 0.6) is 0 Å². The van der Waals surface area contributed by atoms with E-state index in [1.807, 2.05) is 0 Å². The zero-order chi connectivity index (χ0) is 8.43. The highest BCUT2D eigenvalue weighted by Gasteiger charge is 2.06. The van der Waals surface area contributed by atoms with Gasteiger partial charge in [0.05, 0.1) is 5.56 Å². The van der Waals surface area contributed by atoms with Crippen LogP contribution in [0, 0.1) is 12.0 Å². The summed E-state index contributed by atoms with van der Waals surface area (Å²) in [5.41, 5.74) is 4.69. The van der Waals surface area contributed by atoms with Crippen molar-refractivity contribution in [2.24, 2.45) is 5.73 Å². The quantitative estimate of drug-likeness (QED) is 0.638. The average molecular weight is 174 g/mol. The molecule has 2 N–H and O–H groups in total. The van der Waals surface area contributed by atoms with Crippen LogP contribution in [0.15, 0.2) is 6.07 Å². The molecule has 3 nitrogen and oxygen atoms in total. The first-order valence-electron chi connectivity index (χ1n) is 2.65. The number of pyridine rings is 1. The van der Waals surface area contributed by atoms with Crippen molar-refractivity contribution >= 4 is 17.5 Å². The summed E-state index contributed by atoms with van der Waals surface area (Å²) in [4.78, 5) is 13.7. The molecule has 0 aromatic carbocycles. The van der Waals surface area contributed by atoms with Crippen LogP contribution in [0.2, 0.25) is 5.15 Å². The summed E-state index contributed by atoms with van der Waals surface area (Å²) >= 11 is 5.22. The molecule has 0 atom stereocenters. The molecule has 1 heterocycles. The van der Waals surface area contributed by atoms with Crippen molar-refractivity contribution in [2.45, 2.75) is 0 Å². The van der Waals surface area contributed by atoms with Gasteiger partial charge in [0, 0.05) is 0 Å². The number of halogens is 2. The number of nitrogens with zero attached hydrogens (tertiary/aromatic N) is 1. The number of carbonyl (C=O) groups excluding carboxylic acids is 1. The summed E-state index contributed by atoms with van der Waals surface area (Å²) in [6, 6.07) is 0.887. The molecule has 0 aliphatic rings. The van der Waals surface area contributed by atoms with Crippen LogP contribution in [0.4, 0.5) is 4.39 Å². The summed E-state index contributed by atoms with van der Waals surface area (Å²) in [7, 11) is 0. The van der Waals surface area contributed by atoms with Gasteiger partial charge in [-0.1, -0.05) is 11.6 Å². The van der Waals surface area contributed by atoms with Gasteiger partial charge in [-0.05, 0) is 6.07 Å². The number of aromatic nitrogens is 1. The fourth-order valence-electron chi connectivity index (χ4n) is 0.507. The highest BCUT2D eigenvalue weighted by Crippen LogP contribution is 2.10. The Morgan fingerprint density at radius 2 is 2.45 bits per heavy atom. The smallest absolute Gasteiger partial charge is 0.251 e. The maximum Gasteiger partial charge on any atom is 0.251 e. The van der Waals surface area contributed by atoms with Gasteiger partial charge in [-0.3, -0.25) is 4.79 Å². The van der Waals surface area contributed by atoms with E-state index in [9.17, 15) is 9.18 Å². The van der Waals surface area contributed by atoms with E-state index >= 15 is 0 Å². The van der Waals surface area contributed by atoms with Gasteiger partial charge in [-0.15, -0.1) is 0 Å². The molecule has 0 saturated carbocycles. The zero-order valence-corrected chi connectivity index (χ0v) is 6.02. The Morgan fingerprint density at radius 3 is 2.91 bits per heavy atom. The first kappa shape index (κ1) is 7.94. The average Bonchev–Trinajstić information content (AvgIpc) is 1.94. The Hall–Kier alpha value is -1.16. The molecule has 0 spiro atoms. The molecule has 0 aliphatic heterocycles. The van der Waals surface area contributed by atoms with Crippen LogP contribution < -0.4 is 5.73 Å². The number of primary amides is 1. The second kappa shape index (κ2) is 2.84. The van der Waals surface area contributed by atoms with Crippen LogP contribution in [-0.4, -0.2) is 10.9 Å². The highest BCUT2D eigenvalue weighted by atomic mass is 35.5.